The summed E-state index contributed by atoms with van der Waals surface area (Å²) < 4.78 is 4.93. The molecule has 1 aliphatic rings. The van der Waals surface area contributed by atoms with Crippen molar-refractivity contribution in [2.24, 2.45) is 5.92 Å². The number of ether oxygens (including phenoxy) is 1. The highest BCUT2D eigenvalue weighted by Gasteiger charge is 2.08. The van der Waals surface area contributed by atoms with Gasteiger partial charge in [0.25, 0.3) is 0 Å². The first-order chi connectivity index (χ1) is 2.89. The normalized spacial score (nSPS) is 34.5. The lowest BCUT2D eigenvalue weighted by molar-refractivity contribution is 0.250. The maximum atomic E-state index is 4.93. The Morgan fingerprint density at radius 3 is 2.83 bits per heavy atom. The predicted molar refractivity (Wildman–Crippen MR) is 24.0 cm³/mol. The van der Waals surface area contributed by atoms with Gasteiger partial charge in [-0.15, -0.1) is 0 Å². The molecule has 1 atom stereocenters. The van der Waals surface area contributed by atoms with Crippen molar-refractivity contribution < 1.29 is 4.74 Å². The first kappa shape index (κ1) is 4.13. The average molecular weight is 85.1 g/mol. The van der Waals surface area contributed by atoms with Crippen LogP contribution in [0.25, 0.3) is 0 Å². The van der Waals surface area contributed by atoms with E-state index < -0.39 is 0 Å². The van der Waals surface area contributed by atoms with Crippen LogP contribution in [0.15, 0.2) is 0 Å². The second-order valence-corrected chi connectivity index (χ2v) is 1.77. The lowest BCUT2D eigenvalue weighted by atomic mass is 10.2. The minimum absolute atomic E-state index is 0.699. The van der Waals surface area contributed by atoms with Crippen LogP contribution in [0, 0.1) is 12.5 Å². The first-order valence-corrected chi connectivity index (χ1v) is 2.34. The summed E-state index contributed by atoms with van der Waals surface area (Å²) in [6, 6.07) is 0. The van der Waals surface area contributed by atoms with Crippen molar-refractivity contribution >= 4 is 0 Å². The summed E-state index contributed by atoms with van der Waals surface area (Å²) in [5, 5.41) is 0. The average Bonchev–Trinajstić information content (AvgIpc) is 1.86. The molecule has 0 aromatic carbocycles. The molecule has 0 bridgehead atoms. The van der Waals surface area contributed by atoms with Crippen LogP contribution in [-0.4, -0.2) is 6.61 Å². The standard InChI is InChI=1S/C5H9O/c1-5-2-3-6-4-5/h4-5H,2-3H2,1H3. The molecule has 1 heterocycles. The van der Waals surface area contributed by atoms with Gasteiger partial charge < -0.3 is 4.74 Å². The molecule has 0 aromatic rings. The molecule has 0 aromatic heterocycles. The highest BCUT2D eigenvalue weighted by Crippen LogP contribution is 2.13. The number of rotatable bonds is 0. The summed E-state index contributed by atoms with van der Waals surface area (Å²) in [4.78, 5) is 0. The Morgan fingerprint density at radius 1 is 1.83 bits per heavy atom. The second kappa shape index (κ2) is 1.61. The third-order valence-electron chi connectivity index (χ3n) is 1.02. The van der Waals surface area contributed by atoms with Gasteiger partial charge in [0.15, 0.2) is 0 Å². The Morgan fingerprint density at radius 2 is 2.67 bits per heavy atom. The molecule has 0 saturated carbocycles. The van der Waals surface area contributed by atoms with E-state index in [0.29, 0.717) is 5.92 Å². The van der Waals surface area contributed by atoms with E-state index in [9.17, 15) is 0 Å². The van der Waals surface area contributed by atoms with Crippen molar-refractivity contribution in [3.63, 3.8) is 0 Å². The minimum atomic E-state index is 0.699. The van der Waals surface area contributed by atoms with E-state index in [-0.39, 0.29) is 0 Å². The van der Waals surface area contributed by atoms with Crippen molar-refractivity contribution in [1.29, 1.82) is 0 Å². The third kappa shape index (κ3) is 0.716. The molecule has 1 unspecified atom stereocenters. The van der Waals surface area contributed by atoms with Gasteiger partial charge in [0.2, 0.25) is 0 Å². The fourth-order valence-electron chi connectivity index (χ4n) is 0.554. The smallest absolute Gasteiger partial charge is 0.0865 e. The van der Waals surface area contributed by atoms with Crippen LogP contribution in [0.2, 0.25) is 0 Å². The number of hydrogen-bond acceptors (Lipinski definition) is 1. The highest BCUT2D eigenvalue weighted by molar-refractivity contribution is 4.67. The molecule has 0 amide bonds. The lowest BCUT2D eigenvalue weighted by Crippen LogP contribution is -1.81. The maximum Gasteiger partial charge on any atom is 0.0865 e. The summed E-state index contributed by atoms with van der Waals surface area (Å²) >= 11 is 0. The molecule has 1 heteroatoms. The van der Waals surface area contributed by atoms with E-state index in [0.717, 1.165) is 6.61 Å². The van der Waals surface area contributed by atoms with Gasteiger partial charge in [-0.1, -0.05) is 6.92 Å². The summed E-state index contributed by atoms with van der Waals surface area (Å²) in [6.45, 7) is 4.99. The summed E-state index contributed by atoms with van der Waals surface area (Å²) in [7, 11) is 0. The van der Waals surface area contributed by atoms with Gasteiger partial charge in [0, 0.05) is 6.61 Å². The lowest BCUT2D eigenvalue weighted by Gasteiger charge is -1.88. The molecule has 0 N–H and O–H groups in total. The van der Waals surface area contributed by atoms with Crippen molar-refractivity contribution in [1.82, 2.24) is 0 Å². The number of hydrogen-bond donors (Lipinski definition) is 0. The Hall–Kier alpha value is -0.0400. The molecule has 1 rings (SSSR count). The van der Waals surface area contributed by atoms with Crippen LogP contribution in [0.3, 0.4) is 0 Å². The van der Waals surface area contributed by atoms with Gasteiger partial charge in [-0.3, -0.25) is 0 Å². The Balaban J connectivity index is 2.18. The Bertz CT molecular complexity index is 37.2. The van der Waals surface area contributed by atoms with Gasteiger partial charge in [-0.25, -0.2) is 0 Å². The van der Waals surface area contributed by atoms with Crippen molar-refractivity contribution in [2.45, 2.75) is 13.3 Å². The fourth-order valence-corrected chi connectivity index (χ4v) is 0.554. The molecule has 35 valence electrons. The molecule has 1 fully saturated rings. The van der Waals surface area contributed by atoms with E-state index >= 15 is 0 Å². The van der Waals surface area contributed by atoms with E-state index in [4.69, 9.17) is 4.74 Å². The van der Waals surface area contributed by atoms with E-state index in [1.165, 1.54) is 6.42 Å². The minimum Gasteiger partial charge on any atom is -0.375 e. The van der Waals surface area contributed by atoms with E-state index in [1.54, 1.807) is 0 Å². The fraction of sp³-hybridized carbons (Fsp3) is 0.800. The SMILES string of the molecule is CC1[CH]OCC1. The summed E-state index contributed by atoms with van der Waals surface area (Å²) in [5.41, 5.74) is 0. The van der Waals surface area contributed by atoms with Gasteiger partial charge in [0.1, 0.15) is 0 Å². The van der Waals surface area contributed by atoms with Gasteiger partial charge in [-0.2, -0.15) is 0 Å². The van der Waals surface area contributed by atoms with Crippen molar-refractivity contribution in [3.05, 3.63) is 6.61 Å². The molecule has 0 aliphatic carbocycles. The molecule has 1 nitrogen and oxygen atoms in total. The van der Waals surface area contributed by atoms with Crippen LogP contribution in [0.5, 0.6) is 0 Å². The molecule has 1 radical (unpaired) electrons. The predicted octanol–water partition coefficient (Wildman–Crippen LogP) is 1.20. The largest absolute Gasteiger partial charge is 0.375 e. The van der Waals surface area contributed by atoms with Crippen LogP contribution < -0.4 is 0 Å². The zero-order valence-corrected chi connectivity index (χ0v) is 3.98. The van der Waals surface area contributed by atoms with Crippen molar-refractivity contribution in [3.8, 4) is 0 Å². The highest BCUT2D eigenvalue weighted by atomic mass is 16.5. The molecule has 0 spiro atoms. The summed E-state index contributed by atoms with van der Waals surface area (Å²) in [5.74, 6) is 0.699. The molecule has 1 saturated heterocycles. The van der Waals surface area contributed by atoms with Crippen LogP contribution in [-0.2, 0) is 4.74 Å². The maximum absolute atomic E-state index is 4.93. The Kier molecular flexibility index (Phi) is 1.10. The zero-order valence-electron chi connectivity index (χ0n) is 3.98. The van der Waals surface area contributed by atoms with Gasteiger partial charge >= 0.3 is 0 Å². The molecule has 6 heavy (non-hydrogen) atoms. The summed E-state index contributed by atoms with van der Waals surface area (Å²) in [6.07, 6.45) is 1.21. The van der Waals surface area contributed by atoms with Crippen molar-refractivity contribution in [2.75, 3.05) is 6.61 Å². The van der Waals surface area contributed by atoms with E-state index in [2.05, 4.69) is 6.92 Å². The van der Waals surface area contributed by atoms with Gasteiger partial charge in [0.05, 0.1) is 6.61 Å². The van der Waals surface area contributed by atoms with Crippen LogP contribution >= 0.6 is 0 Å². The van der Waals surface area contributed by atoms with Gasteiger partial charge in [-0.05, 0) is 12.3 Å². The Labute approximate surface area is 38.3 Å². The first-order valence-electron chi connectivity index (χ1n) is 2.34. The van der Waals surface area contributed by atoms with E-state index in [1.807, 2.05) is 6.61 Å². The quantitative estimate of drug-likeness (QED) is 0.429. The molecule has 1 aliphatic heterocycles. The van der Waals surface area contributed by atoms with Crippen LogP contribution in [0.1, 0.15) is 13.3 Å². The zero-order chi connectivity index (χ0) is 4.41. The monoisotopic (exact) mass is 85.1 g/mol. The topological polar surface area (TPSA) is 9.23 Å². The molecular weight excluding hydrogens is 76.1 g/mol. The third-order valence-corrected chi connectivity index (χ3v) is 1.02. The van der Waals surface area contributed by atoms with Crippen LogP contribution in [0.4, 0.5) is 0 Å². The second-order valence-electron chi connectivity index (χ2n) is 1.77. The molecular formula is C5H9O.